The summed E-state index contributed by atoms with van der Waals surface area (Å²) in [5, 5.41) is 13.4. The minimum absolute atomic E-state index is 0. The molecule has 2 rings (SSSR count). The van der Waals surface area contributed by atoms with Crippen LogP contribution in [0.3, 0.4) is 0 Å². The Morgan fingerprint density at radius 2 is 2.24 bits per heavy atom. The van der Waals surface area contributed by atoms with Crippen LogP contribution in [0, 0.1) is 0 Å². The molecule has 1 aliphatic rings. The Morgan fingerprint density at radius 1 is 1.41 bits per heavy atom. The van der Waals surface area contributed by atoms with Gasteiger partial charge in [-0.15, -0.1) is 17.0 Å². The van der Waals surface area contributed by atoms with Crippen LogP contribution in [0.2, 0.25) is 0 Å². The normalized spacial score (nSPS) is 18.3. The van der Waals surface area contributed by atoms with Crippen molar-refractivity contribution >= 4 is 17.0 Å². The van der Waals surface area contributed by atoms with Crippen LogP contribution in [-0.4, -0.2) is 17.7 Å². The van der Waals surface area contributed by atoms with E-state index in [0.717, 1.165) is 24.9 Å². The predicted molar refractivity (Wildman–Crippen MR) is 77.2 cm³/mol. The molecule has 0 heterocycles. The highest BCUT2D eigenvalue weighted by Gasteiger charge is 2.19. The second-order valence-electron chi connectivity index (χ2n) is 4.66. The van der Waals surface area contributed by atoms with Crippen LogP contribution >= 0.6 is 17.0 Å². The summed E-state index contributed by atoms with van der Waals surface area (Å²) in [7, 11) is 0. The quantitative estimate of drug-likeness (QED) is 0.837. The SMILES string of the molecule is Br.CCCCNC1CCc2cccc(O)c2C1. The van der Waals surface area contributed by atoms with Gasteiger partial charge in [-0.05, 0) is 49.4 Å². The monoisotopic (exact) mass is 299 g/mol. The minimum atomic E-state index is 0. The number of hydrogen-bond acceptors (Lipinski definition) is 2. The van der Waals surface area contributed by atoms with Gasteiger partial charge in [0, 0.05) is 6.04 Å². The molecular formula is C14H22BrNO. The summed E-state index contributed by atoms with van der Waals surface area (Å²) in [6.45, 7) is 3.31. The second kappa shape index (κ2) is 7.02. The molecule has 1 unspecified atom stereocenters. The number of phenols is 1. The first kappa shape index (κ1) is 14.5. The van der Waals surface area contributed by atoms with E-state index in [1.807, 2.05) is 6.07 Å². The number of nitrogens with one attached hydrogen (secondary N) is 1. The molecule has 0 spiro atoms. The largest absolute Gasteiger partial charge is 0.508 e. The summed E-state index contributed by atoms with van der Waals surface area (Å²) in [6.07, 6.45) is 5.74. The maximum atomic E-state index is 9.82. The van der Waals surface area contributed by atoms with E-state index in [-0.39, 0.29) is 17.0 Å². The zero-order valence-electron chi connectivity index (χ0n) is 10.4. The average molecular weight is 300 g/mol. The van der Waals surface area contributed by atoms with Crippen LogP contribution in [-0.2, 0) is 12.8 Å². The number of benzene rings is 1. The molecule has 0 aromatic heterocycles. The second-order valence-corrected chi connectivity index (χ2v) is 4.66. The molecule has 3 heteroatoms. The zero-order chi connectivity index (χ0) is 11.4. The third-order valence-electron chi connectivity index (χ3n) is 3.42. The van der Waals surface area contributed by atoms with E-state index in [2.05, 4.69) is 18.3 Å². The van der Waals surface area contributed by atoms with Crippen LogP contribution in [0.5, 0.6) is 5.75 Å². The number of unbranched alkanes of at least 4 members (excludes halogenated alkanes) is 1. The molecule has 1 atom stereocenters. The predicted octanol–water partition coefficient (Wildman–Crippen LogP) is 3.22. The summed E-state index contributed by atoms with van der Waals surface area (Å²) in [5.41, 5.74) is 2.48. The summed E-state index contributed by atoms with van der Waals surface area (Å²) in [5.74, 6) is 0.472. The molecule has 0 saturated heterocycles. The topological polar surface area (TPSA) is 32.3 Å². The lowest BCUT2D eigenvalue weighted by molar-refractivity contribution is 0.424. The number of phenolic OH excluding ortho intramolecular Hbond substituents is 1. The Hall–Kier alpha value is -0.540. The van der Waals surface area contributed by atoms with Gasteiger partial charge in [0.25, 0.3) is 0 Å². The number of rotatable bonds is 4. The first-order valence-corrected chi connectivity index (χ1v) is 6.34. The van der Waals surface area contributed by atoms with Gasteiger partial charge in [-0.2, -0.15) is 0 Å². The highest BCUT2D eigenvalue weighted by molar-refractivity contribution is 8.93. The number of fused-ring (bicyclic) bond motifs is 1. The Balaban J connectivity index is 0.00000144. The van der Waals surface area contributed by atoms with E-state index in [4.69, 9.17) is 0 Å². The highest BCUT2D eigenvalue weighted by atomic mass is 79.9. The molecule has 2 N–H and O–H groups in total. The van der Waals surface area contributed by atoms with Crippen LogP contribution in [0.4, 0.5) is 0 Å². The van der Waals surface area contributed by atoms with Crippen LogP contribution < -0.4 is 5.32 Å². The molecule has 0 aliphatic heterocycles. The van der Waals surface area contributed by atoms with E-state index in [1.54, 1.807) is 6.07 Å². The van der Waals surface area contributed by atoms with Gasteiger partial charge in [0.1, 0.15) is 5.75 Å². The van der Waals surface area contributed by atoms with Crippen LogP contribution in [0.15, 0.2) is 18.2 Å². The fraction of sp³-hybridized carbons (Fsp3) is 0.571. The fourth-order valence-electron chi connectivity index (χ4n) is 2.43. The maximum Gasteiger partial charge on any atom is 0.119 e. The van der Waals surface area contributed by atoms with Gasteiger partial charge >= 0.3 is 0 Å². The molecule has 1 aromatic rings. The van der Waals surface area contributed by atoms with Crippen molar-refractivity contribution in [1.82, 2.24) is 5.32 Å². The lowest BCUT2D eigenvalue weighted by Crippen LogP contribution is -2.35. The van der Waals surface area contributed by atoms with Crippen molar-refractivity contribution in [3.05, 3.63) is 29.3 Å². The third kappa shape index (κ3) is 3.71. The first-order chi connectivity index (χ1) is 7.81. The molecule has 2 nitrogen and oxygen atoms in total. The van der Waals surface area contributed by atoms with E-state index in [0.29, 0.717) is 11.8 Å². The fourth-order valence-corrected chi connectivity index (χ4v) is 2.43. The summed E-state index contributed by atoms with van der Waals surface area (Å²) in [4.78, 5) is 0. The summed E-state index contributed by atoms with van der Waals surface area (Å²) in [6, 6.07) is 6.43. The lowest BCUT2D eigenvalue weighted by Gasteiger charge is -2.26. The maximum absolute atomic E-state index is 9.82. The zero-order valence-corrected chi connectivity index (χ0v) is 12.1. The van der Waals surface area contributed by atoms with Gasteiger partial charge in [0.05, 0.1) is 0 Å². The van der Waals surface area contributed by atoms with Crippen molar-refractivity contribution in [2.75, 3.05) is 6.54 Å². The number of halogens is 1. The van der Waals surface area contributed by atoms with Crippen LogP contribution in [0.25, 0.3) is 0 Å². The van der Waals surface area contributed by atoms with E-state index >= 15 is 0 Å². The van der Waals surface area contributed by atoms with Crippen molar-refractivity contribution in [2.24, 2.45) is 0 Å². The molecule has 0 radical (unpaired) electrons. The van der Waals surface area contributed by atoms with E-state index in [9.17, 15) is 5.11 Å². The first-order valence-electron chi connectivity index (χ1n) is 6.34. The Labute approximate surface area is 114 Å². The third-order valence-corrected chi connectivity index (χ3v) is 3.42. The summed E-state index contributed by atoms with van der Waals surface area (Å²) < 4.78 is 0. The Morgan fingerprint density at radius 3 is 3.00 bits per heavy atom. The van der Waals surface area contributed by atoms with Gasteiger partial charge in [-0.1, -0.05) is 25.5 Å². The molecule has 0 fully saturated rings. The average Bonchev–Trinajstić information content (AvgIpc) is 2.30. The highest BCUT2D eigenvalue weighted by Crippen LogP contribution is 2.28. The smallest absolute Gasteiger partial charge is 0.119 e. The minimum Gasteiger partial charge on any atom is -0.508 e. The molecule has 0 bridgehead atoms. The lowest BCUT2D eigenvalue weighted by atomic mass is 9.87. The van der Waals surface area contributed by atoms with Gasteiger partial charge < -0.3 is 10.4 Å². The molecular weight excluding hydrogens is 278 g/mol. The van der Waals surface area contributed by atoms with Gasteiger partial charge in [-0.3, -0.25) is 0 Å². The number of aryl methyl sites for hydroxylation is 1. The Kier molecular flexibility index (Phi) is 6.00. The van der Waals surface area contributed by atoms with Crippen LogP contribution in [0.1, 0.15) is 37.3 Å². The van der Waals surface area contributed by atoms with Crippen molar-refractivity contribution < 1.29 is 5.11 Å². The molecule has 96 valence electrons. The van der Waals surface area contributed by atoms with Gasteiger partial charge in [0.2, 0.25) is 0 Å². The molecule has 0 saturated carbocycles. The molecule has 1 aromatic carbocycles. The Bertz CT molecular complexity index is 354. The van der Waals surface area contributed by atoms with Crippen molar-refractivity contribution in [3.8, 4) is 5.75 Å². The number of aromatic hydroxyl groups is 1. The van der Waals surface area contributed by atoms with Gasteiger partial charge in [0.15, 0.2) is 0 Å². The van der Waals surface area contributed by atoms with Gasteiger partial charge in [-0.25, -0.2) is 0 Å². The molecule has 0 amide bonds. The summed E-state index contributed by atoms with van der Waals surface area (Å²) >= 11 is 0. The number of hydrogen-bond donors (Lipinski definition) is 2. The standard InChI is InChI=1S/C14H21NO.BrH/c1-2-3-9-15-12-8-7-11-5-4-6-14(16)13(11)10-12;/h4-6,12,15-16H,2-3,7-10H2,1H3;1H. The van der Waals surface area contributed by atoms with Crippen molar-refractivity contribution in [2.45, 2.75) is 45.1 Å². The molecule has 17 heavy (non-hydrogen) atoms. The molecule has 1 aliphatic carbocycles. The van der Waals surface area contributed by atoms with Crippen molar-refractivity contribution in [1.29, 1.82) is 0 Å². The van der Waals surface area contributed by atoms with Crippen molar-refractivity contribution in [3.63, 3.8) is 0 Å². The van der Waals surface area contributed by atoms with E-state index < -0.39 is 0 Å². The van der Waals surface area contributed by atoms with E-state index in [1.165, 1.54) is 24.8 Å².